The number of carbonyl (C=O) groups is 1. The van der Waals surface area contributed by atoms with Crippen molar-refractivity contribution in [3.63, 3.8) is 0 Å². The molecule has 0 aliphatic heterocycles. The van der Waals surface area contributed by atoms with Gasteiger partial charge in [0.05, 0.1) is 5.39 Å². The van der Waals surface area contributed by atoms with Gasteiger partial charge in [0, 0.05) is 9.86 Å². The molecule has 1 N–H and O–H groups in total. The molecule has 0 radical (unpaired) electrons. The lowest BCUT2D eigenvalue weighted by Gasteiger charge is -2.12. The van der Waals surface area contributed by atoms with Crippen LogP contribution in [0.5, 0.6) is 0 Å². The summed E-state index contributed by atoms with van der Waals surface area (Å²) in [6.07, 6.45) is 0.680. The van der Waals surface area contributed by atoms with Crippen LogP contribution in [0.1, 0.15) is 18.5 Å². The molecular weight excluding hydrogens is 331 g/mol. The lowest BCUT2D eigenvalue weighted by molar-refractivity contribution is -0.138. The van der Waals surface area contributed by atoms with Crippen LogP contribution >= 0.6 is 15.9 Å². The zero-order valence-electron chi connectivity index (χ0n) is 10.3. The van der Waals surface area contributed by atoms with E-state index >= 15 is 0 Å². The highest BCUT2D eigenvalue weighted by atomic mass is 79.9. The summed E-state index contributed by atoms with van der Waals surface area (Å²) in [6, 6.07) is 4.86. The summed E-state index contributed by atoms with van der Waals surface area (Å²) in [5.41, 5.74) is -1.93. The second-order valence-corrected chi connectivity index (χ2v) is 5.78. The van der Waals surface area contributed by atoms with E-state index in [0.29, 0.717) is 22.7 Å². The molecule has 7 heteroatoms. The van der Waals surface area contributed by atoms with Crippen LogP contribution < -0.4 is 5.56 Å². The van der Waals surface area contributed by atoms with E-state index in [1.807, 2.05) is 0 Å². The third-order valence-corrected chi connectivity index (χ3v) is 3.81. The van der Waals surface area contributed by atoms with E-state index < -0.39 is 23.7 Å². The average molecular weight is 341 g/mol. The van der Waals surface area contributed by atoms with Gasteiger partial charge in [0.1, 0.15) is 12.2 Å². The summed E-state index contributed by atoms with van der Waals surface area (Å²) in [5, 5.41) is 13.5. The van der Waals surface area contributed by atoms with Crippen molar-refractivity contribution in [1.82, 2.24) is 9.78 Å². The molecule has 5 nitrogen and oxygen atoms in total. The predicted octanol–water partition coefficient (Wildman–Crippen LogP) is 2.20. The van der Waals surface area contributed by atoms with Crippen LogP contribution in [0.4, 0.5) is 4.39 Å². The smallest absolute Gasteiger partial charge is 0.325 e. The Labute approximate surface area is 121 Å². The fraction of sp³-hybridized carbons (Fsp3) is 0.308. The SMILES string of the molecule is O=C(O)Cn1nc(C2(F)CC2)c2cc(Br)ccc2c1=O. The summed E-state index contributed by atoms with van der Waals surface area (Å²) < 4.78 is 15.9. The van der Waals surface area contributed by atoms with Crippen molar-refractivity contribution in [1.29, 1.82) is 0 Å². The Morgan fingerprint density at radius 1 is 1.45 bits per heavy atom. The van der Waals surface area contributed by atoms with Gasteiger partial charge >= 0.3 is 5.97 Å². The summed E-state index contributed by atoms with van der Waals surface area (Å²) >= 11 is 3.28. The van der Waals surface area contributed by atoms with Gasteiger partial charge in [-0.05, 0) is 31.0 Å². The topological polar surface area (TPSA) is 72.2 Å². The molecule has 0 bridgehead atoms. The Morgan fingerprint density at radius 2 is 2.15 bits per heavy atom. The molecule has 0 amide bonds. The molecule has 1 aliphatic carbocycles. The molecule has 20 heavy (non-hydrogen) atoms. The second kappa shape index (κ2) is 4.37. The first-order chi connectivity index (χ1) is 9.40. The Morgan fingerprint density at radius 3 is 2.75 bits per heavy atom. The van der Waals surface area contributed by atoms with Crippen molar-refractivity contribution in [2.24, 2.45) is 0 Å². The highest BCUT2D eigenvalue weighted by molar-refractivity contribution is 9.10. The fourth-order valence-electron chi connectivity index (χ4n) is 2.17. The summed E-state index contributed by atoms with van der Waals surface area (Å²) in [4.78, 5) is 23.0. The minimum absolute atomic E-state index is 0.148. The zero-order chi connectivity index (χ0) is 14.5. The second-order valence-electron chi connectivity index (χ2n) is 4.86. The van der Waals surface area contributed by atoms with Crippen LogP contribution in [-0.4, -0.2) is 20.9 Å². The van der Waals surface area contributed by atoms with Crippen LogP contribution in [0.3, 0.4) is 0 Å². The quantitative estimate of drug-likeness (QED) is 0.929. The number of halogens is 2. The van der Waals surface area contributed by atoms with E-state index in [0.717, 1.165) is 4.68 Å². The molecule has 1 saturated carbocycles. The maximum absolute atomic E-state index is 14.4. The van der Waals surface area contributed by atoms with E-state index in [1.54, 1.807) is 18.2 Å². The maximum atomic E-state index is 14.4. The summed E-state index contributed by atoms with van der Waals surface area (Å²) in [7, 11) is 0. The third kappa shape index (κ3) is 2.11. The highest BCUT2D eigenvalue weighted by Crippen LogP contribution is 2.50. The third-order valence-electron chi connectivity index (χ3n) is 3.32. The van der Waals surface area contributed by atoms with Crippen molar-refractivity contribution >= 4 is 32.7 Å². The number of rotatable bonds is 3. The van der Waals surface area contributed by atoms with Crippen molar-refractivity contribution in [3.05, 3.63) is 38.7 Å². The van der Waals surface area contributed by atoms with Gasteiger partial charge in [0.25, 0.3) is 5.56 Å². The van der Waals surface area contributed by atoms with Gasteiger partial charge in [-0.1, -0.05) is 15.9 Å². The number of carboxylic acids is 1. The minimum atomic E-state index is -1.55. The first kappa shape index (κ1) is 13.2. The van der Waals surface area contributed by atoms with Crippen LogP contribution in [0.2, 0.25) is 0 Å². The molecule has 0 unspecified atom stereocenters. The molecule has 104 valence electrons. The number of hydrogen-bond donors (Lipinski definition) is 1. The van der Waals surface area contributed by atoms with Crippen LogP contribution in [0.25, 0.3) is 10.8 Å². The average Bonchev–Trinajstić information content (AvgIpc) is 3.11. The fourth-order valence-corrected chi connectivity index (χ4v) is 2.53. The molecule has 0 atom stereocenters. The van der Waals surface area contributed by atoms with Gasteiger partial charge in [-0.3, -0.25) is 9.59 Å². The van der Waals surface area contributed by atoms with Crippen LogP contribution in [0, 0.1) is 0 Å². The largest absolute Gasteiger partial charge is 0.480 e. The number of alkyl halides is 1. The molecule has 0 saturated heterocycles. The lowest BCUT2D eigenvalue weighted by Crippen LogP contribution is -2.29. The van der Waals surface area contributed by atoms with Gasteiger partial charge < -0.3 is 5.11 Å². The Balaban J connectivity index is 2.34. The van der Waals surface area contributed by atoms with Crippen molar-refractivity contribution in [3.8, 4) is 0 Å². The Hall–Kier alpha value is -1.76. The van der Waals surface area contributed by atoms with Crippen molar-refractivity contribution in [2.45, 2.75) is 25.1 Å². The highest BCUT2D eigenvalue weighted by Gasteiger charge is 2.48. The van der Waals surface area contributed by atoms with E-state index in [-0.39, 0.29) is 11.1 Å². The van der Waals surface area contributed by atoms with Gasteiger partial charge in [0.2, 0.25) is 0 Å². The Kier molecular flexibility index (Phi) is 2.89. The molecule has 1 aromatic heterocycles. The first-order valence-electron chi connectivity index (χ1n) is 6.02. The van der Waals surface area contributed by atoms with Gasteiger partial charge in [-0.25, -0.2) is 9.07 Å². The molecular formula is C13H10BrFN2O3. The molecule has 1 fully saturated rings. The van der Waals surface area contributed by atoms with Crippen LogP contribution in [0.15, 0.2) is 27.5 Å². The number of carboxylic acid groups (broad SMARTS) is 1. The number of aliphatic carboxylic acids is 1. The number of fused-ring (bicyclic) bond motifs is 1. The number of benzene rings is 1. The van der Waals surface area contributed by atoms with E-state index in [2.05, 4.69) is 21.0 Å². The summed E-state index contributed by atoms with van der Waals surface area (Å²) in [5.74, 6) is -1.19. The number of hydrogen-bond acceptors (Lipinski definition) is 3. The normalized spacial score (nSPS) is 16.3. The van der Waals surface area contributed by atoms with E-state index in [9.17, 15) is 14.0 Å². The molecule has 1 aromatic carbocycles. The molecule has 1 heterocycles. The predicted molar refractivity (Wildman–Crippen MR) is 73.4 cm³/mol. The van der Waals surface area contributed by atoms with Crippen molar-refractivity contribution < 1.29 is 14.3 Å². The minimum Gasteiger partial charge on any atom is -0.480 e. The van der Waals surface area contributed by atoms with E-state index in [4.69, 9.17) is 5.11 Å². The van der Waals surface area contributed by atoms with Crippen molar-refractivity contribution in [2.75, 3.05) is 0 Å². The number of aromatic nitrogens is 2. The monoisotopic (exact) mass is 340 g/mol. The molecule has 2 aromatic rings. The van der Waals surface area contributed by atoms with Gasteiger partial charge in [-0.15, -0.1) is 0 Å². The number of nitrogens with zero attached hydrogens (tertiary/aromatic N) is 2. The van der Waals surface area contributed by atoms with Gasteiger partial charge in [0.15, 0.2) is 5.67 Å². The Bertz CT molecular complexity index is 783. The summed E-state index contributed by atoms with van der Waals surface area (Å²) in [6.45, 7) is -0.575. The first-order valence-corrected chi connectivity index (χ1v) is 6.81. The van der Waals surface area contributed by atoms with Gasteiger partial charge in [-0.2, -0.15) is 5.10 Å². The van der Waals surface area contributed by atoms with Crippen LogP contribution in [-0.2, 0) is 17.0 Å². The van der Waals surface area contributed by atoms with E-state index in [1.165, 1.54) is 0 Å². The zero-order valence-corrected chi connectivity index (χ0v) is 11.9. The molecule has 0 spiro atoms. The maximum Gasteiger partial charge on any atom is 0.325 e. The standard InChI is InChI=1S/C13H10BrFN2O3/c14-7-1-2-8-9(5-7)11(13(15)3-4-13)16-17(12(8)20)6-10(18)19/h1-2,5H,3-4,6H2,(H,18,19). The lowest BCUT2D eigenvalue weighted by atomic mass is 10.1. The molecule has 3 rings (SSSR count). The molecule has 1 aliphatic rings.